The number of para-hydroxylation sites is 1. The van der Waals surface area contributed by atoms with Gasteiger partial charge in [-0.25, -0.2) is 0 Å². The van der Waals surface area contributed by atoms with Crippen molar-refractivity contribution in [3.8, 4) is 11.5 Å². The summed E-state index contributed by atoms with van der Waals surface area (Å²) in [6, 6.07) is 26.5. The first-order valence-electron chi connectivity index (χ1n) is 11.1. The van der Waals surface area contributed by atoms with Crippen molar-refractivity contribution in [2.45, 2.75) is 18.9 Å². The number of hydrogen-bond donors (Lipinski definition) is 0. The lowest BCUT2D eigenvalue weighted by atomic mass is 9.82. The second-order valence-electron chi connectivity index (χ2n) is 8.90. The highest BCUT2D eigenvalue weighted by Crippen LogP contribution is 2.67. The molecular weight excluding hydrogens is 398 g/mol. The molecule has 2 heterocycles. The Bertz CT molecular complexity index is 1370. The van der Waals surface area contributed by atoms with Gasteiger partial charge in [0, 0.05) is 16.7 Å². The standard InChI is InChI=1S/C28H25NO3/c1-18-23-17-32-26-22-10-6-7-11-24(22)29(16-19-12-14-21(31-2)15-13-19)27(30)25(26)28(18,23)20-8-4-3-5-9-20/h3-15,18,23H,16-17H2,1-2H3/t18-,23-,28-/m0/s1. The quantitative estimate of drug-likeness (QED) is 0.464. The molecule has 2 aliphatic rings. The molecule has 0 bridgehead atoms. The molecule has 1 aromatic heterocycles. The van der Waals surface area contributed by atoms with Gasteiger partial charge in [0.25, 0.3) is 5.56 Å². The van der Waals surface area contributed by atoms with Gasteiger partial charge in [-0.05, 0) is 41.3 Å². The van der Waals surface area contributed by atoms with Crippen LogP contribution in [0.2, 0.25) is 0 Å². The van der Waals surface area contributed by atoms with Gasteiger partial charge in [0.1, 0.15) is 11.5 Å². The van der Waals surface area contributed by atoms with Crippen molar-refractivity contribution in [1.82, 2.24) is 4.57 Å². The van der Waals surface area contributed by atoms with Crippen LogP contribution in [0.25, 0.3) is 10.9 Å². The van der Waals surface area contributed by atoms with E-state index in [0.717, 1.165) is 33.5 Å². The van der Waals surface area contributed by atoms with Crippen molar-refractivity contribution in [2.24, 2.45) is 11.8 Å². The summed E-state index contributed by atoms with van der Waals surface area (Å²) in [4.78, 5) is 14.2. The summed E-state index contributed by atoms with van der Waals surface area (Å²) in [5.74, 6) is 2.25. The Morgan fingerprint density at radius 3 is 2.47 bits per heavy atom. The summed E-state index contributed by atoms with van der Waals surface area (Å²) in [6.45, 7) is 3.40. The maximum absolute atomic E-state index is 14.2. The number of methoxy groups -OCH3 is 1. The van der Waals surface area contributed by atoms with Crippen molar-refractivity contribution in [3.05, 3.63) is 106 Å². The van der Waals surface area contributed by atoms with E-state index in [-0.39, 0.29) is 11.0 Å². The van der Waals surface area contributed by atoms with Crippen LogP contribution in [0.4, 0.5) is 0 Å². The molecule has 3 atom stereocenters. The van der Waals surface area contributed by atoms with Gasteiger partial charge >= 0.3 is 0 Å². The van der Waals surface area contributed by atoms with Crippen molar-refractivity contribution in [1.29, 1.82) is 0 Å². The normalized spacial score (nSPS) is 23.2. The van der Waals surface area contributed by atoms with E-state index in [0.29, 0.717) is 25.0 Å². The minimum Gasteiger partial charge on any atom is -0.497 e. The van der Waals surface area contributed by atoms with Crippen LogP contribution in [-0.4, -0.2) is 18.3 Å². The number of pyridine rings is 1. The number of rotatable bonds is 4. The molecule has 1 saturated carbocycles. The average Bonchev–Trinajstić information content (AvgIpc) is 3.47. The predicted octanol–water partition coefficient (Wildman–Crippen LogP) is 5.00. The van der Waals surface area contributed by atoms with Crippen LogP contribution < -0.4 is 15.0 Å². The Morgan fingerprint density at radius 2 is 1.72 bits per heavy atom. The molecular formula is C28H25NO3. The van der Waals surface area contributed by atoms with Crippen LogP contribution in [0.15, 0.2) is 83.7 Å². The Morgan fingerprint density at radius 1 is 1.00 bits per heavy atom. The highest BCUT2D eigenvalue weighted by atomic mass is 16.5. The molecule has 160 valence electrons. The van der Waals surface area contributed by atoms with Crippen molar-refractivity contribution in [2.75, 3.05) is 13.7 Å². The molecule has 0 N–H and O–H groups in total. The van der Waals surface area contributed by atoms with Crippen LogP contribution in [0.5, 0.6) is 11.5 Å². The third kappa shape index (κ3) is 2.52. The maximum Gasteiger partial charge on any atom is 0.259 e. The Labute approximate surface area is 187 Å². The molecule has 0 spiro atoms. The number of aromatic nitrogens is 1. The topological polar surface area (TPSA) is 40.5 Å². The monoisotopic (exact) mass is 423 g/mol. The summed E-state index contributed by atoms with van der Waals surface area (Å²) >= 11 is 0. The van der Waals surface area contributed by atoms with Gasteiger partial charge in [0.2, 0.25) is 0 Å². The third-order valence-electron chi connectivity index (χ3n) is 7.50. The Hall–Kier alpha value is -3.53. The van der Waals surface area contributed by atoms with Crippen LogP contribution >= 0.6 is 0 Å². The Kier molecular flexibility index (Phi) is 4.19. The van der Waals surface area contributed by atoms with E-state index in [9.17, 15) is 4.79 Å². The van der Waals surface area contributed by atoms with Gasteiger partial charge in [-0.3, -0.25) is 4.79 Å². The third-order valence-corrected chi connectivity index (χ3v) is 7.50. The summed E-state index contributed by atoms with van der Waals surface area (Å²) in [5.41, 5.74) is 3.76. The van der Waals surface area contributed by atoms with Crippen molar-refractivity contribution < 1.29 is 9.47 Å². The van der Waals surface area contributed by atoms with Gasteiger partial charge in [0.05, 0.1) is 31.3 Å². The zero-order valence-corrected chi connectivity index (χ0v) is 18.2. The van der Waals surface area contributed by atoms with Crippen molar-refractivity contribution >= 4 is 10.9 Å². The fourth-order valence-electron chi connectivity index (χ4n) is 5.81. The minimum atomic E-state index is -0.280. The van der Waals surface area contributed by atoms with E-state index in [1.54, 1.807) is 7.11 Å². The summed E-state index contributed by atoms with van der Waals surface area (Å²) < 4.78 is 13.5. The molecule has 4 heteroatoms. The molecule has 1 fully saturated rings. The molecule has 1 aliphatic heterocycles. The van der Waals surface area contributed by atoms with E-state index in [1.165, 1.54) is 5.56 Å². The second kappa shape index (κ2) is 6.99. The zero-order valence-electron chi connectivity index (χ0n) is 18.2. The molecule has 4 aromatic rings. The first-order chi connectivity index (χ1) is 15.7. The molecule has 0 amide bonds. The molecule has 6 rings (SSSR count). The summed E-state index contributed by atoms with van der Waals surface area (Å²) in [5, 5.41) is 1.00. The smallest absolute Gasteiger partial charge is 0.259 e. The highest BCUT2D eigenvalue weighted by molar-refractivity contribution is 5.88. The first kappa shape index (κ1) is 19.2. The summed E-state index contributed by atoms with van der Waals surface area (Å²) in [6.07, 6.45) is 0. The van der Waals surface area contributed by atoms with Gasteiger partial charge in [-0.2, -0.15) is 0 Å². The number of ether oxygens (including phenoxy) is 2. The second-order valence-corrected chi connectivity index (χ2v) is 8.90. The zero-order chi connectivity index (χ0) is 21.9. The van der Waals surface area contributed by atoms with Crippen LogP contribution in [0.3, 0.4) is 0 Å². The summed E-state index contributed by atoms with van der Waals surface area (Å²) in [7, 11) is 1.66. The van der Waals surface area contributed by atoms with Gasteiger partial charge in [-0.15, -0.1) is 0 Å². The lowest BCUT2D eigenvalue weighted by Crippen LogP contribution is -2.35. The number of nitrogens with zero attached hydrogens (tertiary/aromatic N) is 1. The molecule has 0 unspecified atom stereocenters. The van der Waals surface area contributed by atoms with Crippen molar-refractivity contribution in [3.63, 3.8) is 0 Å². The van der Waals surface area contributed by atoms with Gasteiger partial charge in [0.15, 0.2) is 0 Å². The van der Waals surface area contributed by atoms with Crippen LogP contribution in [0, 0.1) is 11.8 Å². The van der Waals surface area contributed by atoms with Gasteiger partial charge in [-0.1, -0.05) is 61.5 Å². The minimum absolute atomic E-state index is 0.0485. The lowest BCUT2D eigenvalue weighted by molar-refractivity contribution is 0.266. The molecule has 0 saturated heterocycles. The fraction of sp³-hybridized carbons (Fsp3) is 0.250. The van der Waals surface area contributed by atoms with E-state index in [1.807, 2.05) is 53.1 Å². The average molecular weight is 424 g/mol. The van der Waals surface area contributed by atoms with Gasteiger partial charge < -0.3 is 14.0 Å². The molecule has 1 aliphatic carbocycles. The van der Waals surface area contributed by atoms with E-state index in [4.69, 9.17) is 9.47 Å². The molecule has 0 radical (unpaired) electrons. The largest absolute Gasteiger partial charge is 0.497 e. The SMILES string of the molecule is COc1ccc(Cn2c(=O)c3c(c4ccccc42)OC[C@H]2[C@H](C)[C@@]32c2ccccc2)cc1. The number of fused-ring (bicyclic) bond motifs is 5. The maximum atomic E-state index is 14.2. The van der Waals surface area contributed by atoms with E-state index >= 15 is 0 Å². The first-order valence-corrected chi connectivity index (χ1v) is 11.1. The van der Waals surface area contributed by atoms with E-state index in [2.05, 4.69) is 37.3 Å². The molecule has 32 heavy (non-hydrogen) atoms. The van der Waals surface area contributed by atoms with E-state index < -0.39 is 0 Å². The number of hydrogen-bond acceptors (Lipinski definition) is 3. The predicted molar refractivity (Wildman–Crippen MR) is 126 cm³/mol. The fourth-order valence-corrected chi connectivity index (χ4v) is 5.81. The molecule has 4 nitrogen and oxygen atoms in total. The van der Waals surface area contributed by atoms with Crippen LogP contribution in [-0.2, 0) is 12.0 Å². The number of benzene rings is 3. The lowest BCUT2D eigenvalue weighted by Gasteiger charge is -2.29. The highest BCUT2D eigenvalue weighted by Gasteiger charge is 2.68. The molecule has 3 aromatic carbocycles. The Balaban J connectivity index is 1.61. The van der Waals surface area contributed by atoms with Crippen LogP contribution in [0.1, 0.15) is 23.6 Å².